The zero-order valence-corrected chi connectivity index (χ0v) is 11.6. The van der Waals surface area contributed by atoms with Crippen LogP contribution in [0.4, 0.5) is 10.1 Å². The molecule has 0 aromatic heterocycles. The van der Waals surface area contributed by atoms with Gasteiger partial charge in [0, 0.05) is 5.56 Å². The van der Waals surface area contributed by atoms with E-state index in [4.69, 9.17) is 0 Å². The van der Waals surface area contributed by atoms with Gasteiger partial charge in [0.2, 0.25) is 0 Å². The summed E-state index contributed by atoms with van der Waals surface area (Å²) in [6.45, 7) is 3.48. The number of anilines is 1. The molecule has 21 heavy (non-hydrogen) atoms. The van der Waals surface area contributed by atoms with Crippen molar-refractivity contribution in [3.05, 3.63) is 64.5 Å². The molecular formula is C16H14FNO3. The van der Waals surface area contributed by atoms with Crippen molar-refractivity contribution >= 4 is 17.6 Å². The predicted octanol–water partition coefficient (Wildman–Crippen LogP) is 3.39. The summed E-state index contributed by atoms with van der Waals surface area (Å²) < 4.78 is 13.1. The van der Waals surface area contributed by atoms with Gasteiger partial charge in [-0.1, -0.05) is 12.1 Å². The number of amides is 1. The highest BCUT2D eigenvalue weighted by Crippen LogP contribution is 2.23. The molecule has 5 heteroatoms. The molecule has 0 spiro atoms. The van der Waals surface area contributed by atoms with Gasteiger partial charge < -0.3 is 10.4 Å². The molecule has 108 valence electrons. The molecule has 1 amide bonds. The van der Waals surface area contributed by atoms with Gasteiger partial charge in [-0.25, -0.2) is 9.18 Å². The minimum absolute atomic E-state index is 0.0113. The van der Waals surface area contributed by atoms with Crippen LogP contribution in [0.25, 0.3) is 0 Å². The number of carbonyl (C=O) groups is 2. The number of rotatable bonds is 3. The third-order valence-corrected chi connectivity index (χ3v) is 3.04. The molecule has 0 fully saturated rings. The number of carboxylic acids is 1. The van der Waals surface area contributed by atoms with Gasteiger partial charge in [0.1, 0.15) is 5.82 Å². The van der Waals surface area contributed by atoms with Crippen LogP contribution in [0, 0.1) is 19.7 Å². The Kier molecular flexibility index (Phi) is 4.03. The maximum Gasteiger partial charge on any atom is 0.337 e. The maximum atomic E-state index is 13.1. The monoisotopic (exact) mass is 287 g/mol. The molecule has 2 rings (SSSR count). The lowest BCUT2D eigenvalue weighted by molar-refractivity contribution is 0.0698. The Hall–Kier alpha value is -2.69. The summed E-state index contributed by atoms with van der Waals surface area (Å²) in [5, 5.41) is 11.8. The van der Waals surface area contributed by atoms with Gasteiger partial charge in [0.15, 0.2) is 0 Å². The van der Waals surface area contributed by atoms with Gasteiger partial charge in [-0.2, -0.15) is 0 Å². The van der Waals surface area contributed by atoms with Gasteiger partial charge in [-0.15, -0.1) is 0 Å². The molecular weight excluding hydrogens is 273 g/mol. The standard InChI is InChI=1S/C16H14FNO3/c1-9-6-10(2)14(13(7-9)16(20)21)18-15(19)11-4-3-5-12(17)8-11/h3-8H,1-2H3,(H,18,19)(H,20,21). The van der Waals surface area contributed by atoms with Crippen molar-refractivity contribution < 1.29 is 19.1 Å². The summed E-state index contributed by atoms with van der Waals surface area (Å²) >= 11 is 0. The van der Waals surface area contributed by atoms with E-state index in [1.54, 1.807) is 19.9 Å². The third kappa shape index (κ3) is 3.25. The number of benzene rings is 2. The normalized spacial score (nSPS) is 10.2. The highest BCUT2D eigenvalue weighted by atomic mass is 19.1. The zero-order chi connectivity index (χ0) is 15.6. The summed E-state index contributed by atoms with van der Waals surface area (Å²) in [4.78, 5) is 23.4. The van der Waals surface area contributed by atoms with Crippen LogP contribution < -0.4 is 5.32 Å². The van der Waals surface area contributed by atoms with E-state index in [0.717, 1.165) is 11.6 Å². The van der Waals surface area contributed by atoms with Crippen LogP contribution >= 0.6 is 0 Å². The van der Waals surface area contributed by atoms with Gasteiger partial charge in [0.25, 0.3) is 5.91 Å². The van der Waals surface area contributed by atoms with Crippen molar-refractivity contribution in [3.8, 4) is 0 Å². The molecule has 2 aromatic rings. The Morgan fingerprint density at radius 2 is 1.86 bits per heavy atom. The first-order chi connectivity index (χ1) is 9.88. The van der Waals surface area contributed by atoms with Crippen molar-refractivity contribution in [1.29, 1.82) is 0 Å². The van der Waals surface area contributed by atoms with E-state index in [0.29, 0.717) is 5.56 Å². The smallest absolute Gasteiger partial charge is 0.337 e. The van der Waals surface area contributed by atoms with Gasteiger partial charge in [-0.3, -0.25) is 4.79 Å². The Morgan fingerprint density at radius 3 is 2.48 bits per heavy atom. The molecule has 4 nitrogen and oxygen atoms in total. The van der Waals surface area contributed by atoms with Crippen molar-refractivity contribution in [2.24, 2.45) is 0 Å². The number of carboxylic acid groups (broad SMARTS) is 1. The van der Waals surface area contributed by atoms with Crippen LogP contribution in [-0.2, 0) is 0 Å². The number of carbonyl (C=O) groups excluding carboxylic acids is 1. The van der Waals surface area contributed by atoms with Crippen LogP contribution in [0.1, 0.15) is 31.8 Å². The first-order valence-corrected chi connectivity index (χ1v) is 6.30. The minimum atomic E-state index is -1.13. The van der Waals surface area contributed by atoms with E-state index >= 15 is 0 Å². The lowest BCUT2D eigenvalue weighted by atomic mass is 10.0. The summed E-state index contributed by atoms with van der Waals surface area (Å²) in [6, 6.07) is 8.47. The fraction of sp³-hybridized carbons (Fsp3) is 0.125. The van der Waals surface area contributed by atoms with Crippen LogP contribution in [-0.4, -0.2) is 17.0 Å². The van der Waals surface area contributed by atoms with Crippen molar-refractivity contribution in [2.45, 2.75) is 13.8 Å². The number of hydrogen-bond donors (Lipinski definition) is 2. The molecule has 0 atom stereocenters. The third-order valence-electron chi connectivity index (χ3n) is 3.04. The number of nitrogens with one attached hydrogen (secondary N) is 1. The molecule has 2 aromatic carbocycles. The molecule has 0 radical (unpaired) electrons. The van der Waals surface area contributed by atoms with Crippen molar-refractivity contribution in [3.63, 3.8) is 0 Å². The summed E-state index contributed by atoms with van der Waals surface area (Å²) in [7, 11) is 0. The Balaban J connectivity index is 2.39. The van der Waals surface area contributed by atoms with E-state index in [9.17, 15) is 19.1 Å². The van der Waals surface area contributed by atoms with Gasteiger partial charge in [-0.05, 0) is 49.2 Å². The van der Waals surface area contributed by atoms with Crippen molar-refractivity contribution in [1.82, 2.24) is 0 Å². The van der Waals surface area contributed by atoms with Crippen LogP contribution in [0.5, 0.6) is 0 Å². The second-order valence-corrected chi connectivity index (χ2v) is 4.77. The number of halogens is 1. The number of aromatic carboxylic acids is 1. The van der Waals surface area contributed by atoms with E-state index < -0.39 is 17.7 Å². The highest BCUT2D eigenvalue weighted by molar-refractivity contribution is 6.08. The molecule has 0 saturated heterocycles. The summed E-state index contributed by atoms with van der Waals surface area (Å²) in [5.74, 6) is -2.21. The fourth-order valence-corrected chi connectivity index (χ4v) is 2.12. The van der Waals surface area contributed by atoms with Crippen LogP contribution in [0.2, 0.25) is 0 Å². The molecule has 0 saturated carbocycles. The molecule has 0 unspecified atom stereocenters. The first kappa shape index (κ1) is 14.7. The Bertz CT molecular complexity index is 725. The second kappa shape index (κ2) is 5.75. The topological polar surface area (TPSA) is 66.4 Å². The highest BCUT2D eigenvalue weighted by Gasteiger charge is 2.16. The number of aryl methyl sites for hydroxylation is 2. The molecule has 0 bridgehead atoms. The van der Waals surface area contributed by atoms with Gasteiger partial charge in [0.05, 0.1) is 11.3 Å². The Labute approximate surface area is 121 Å². The average Bonchev–Trinajstić information content (AvgIpc) is 2.41. The van der Waals surface area contributed by atoms with Crippen LogP contribution in [0.3, 0.4) is 0 Å². The first-order valence-electron chi connectivity index (χ1n) is 6.30. The van der Waals surface area contributed by atoms with E-state index in [-0.39, 0.29) is 16.8 Å². The molecule has 0 aliphatic carbocycles. The fourth-order valence-electron chi connectivity index (χ4n) is 2.12. The van der Waals surface area contributed by atoms with E-state index in [1.165, 1.54) is 24.3 Å². The minimum Gasteiger partial charge on any atom is -0.478 e. The lowest BCUT2D eigenvalue weighted by Gasteiger charge is -2.13. The predicted molar refractivity (Wildman–Crippen MR) is 77.2 cm³/mol. The Morgan fingerprint density at radius 1 is 1.14 bits per heavy atom. The maximum absolute atomic E-state index is 13.1. The lowest BCUT2D eigenvalue weighted by Crippen LogP contribution is -2.16. The quantitative estimate of drug-likeness (QED) is 0.909. The zero-order valence-electron chi connectivity index (χ0n) is 11.6. The number of hydrogen-bond acceptors (Lipinski definition) is 2. The summed E-state index contributed by atoms with van der Waals surface area (Å²) in [6.07, 6.45) is 0. The molecule has 0 heterocycles. The average molecular weight is 287 g/mol. The molecule has 0 aliphatic heterocycles. The van der Waals surface area contributed by atoms with E-state index in [1.807, 2.05) is 0 Å². The van der Waals surface area contributed by atoms with E-state index in [2.05, 4.69) is 5.32 Å². The summed E-state index contributed by atoms with van der Waals surface area (Å²) in [5.41, 5.74) is 1.79. The largest absolute Gasteiger partial charge is 0.478 e. The SMILES string of the molecule is Cc1cc(C)c(NC(=O)c2cccc(F)c2)c(C(=O)O)c1. The molecule has 0 aliphatic rings. The van der Waals surface area contributed by atoms with Gasteiger partial charge >= 0.3 is 5.97 Å². The van der Waals surface area contributed by atoms with Crippen molar-refractivity contribution in [2.75, 3.05) is 5.32 Å². The van der Waals surface area contributed by atoms with Crippen LogP contribution in [0.15, 0.2) is 36.4 Å². The molecule has 2 N–H and O–H groups in total. The second-order valence-electron chi connectivity index (χ2n) is 4.77.